The van der Waals surface area contributed by atoms with Gasteiger partial charge in [0.1, 0.15) is 0 Å². The summed E-state index contributed by atoms with van der Waals surface area (Å²) in [6.07, 6.45) is 0. The Kier molecular flexibility index (Phi) is 6.86. The average molecular weight is 667 g/mol. The number of para-hydroxylation sites is 4. The standard InChI is InChI=1S/C48H34N2Si/c1-5-18-35(19-6-1)49-44-29-15-13-26-40(44)42-28-17-31-47(48(42)49)50-45-30-16-14-27-41(45)43-34-39(32-33-46(43)50)51(36-20-7-2-8-21-36,37-22-9-3-10-23-37)38-24-11-4-12-25-38/h1-34H. The summed E-state index contributed by atoms with van der Waals surface area (Å²) in [5.41, 5.74) is 7.15. The fraction of sp³-hybridized carbons (Fsp3) is 0. The van der Waals surface area contributed by atoms with E-state index in [9.17, 15) is 0 Å². The second-order valence-corrected chi connectivity index (χ2v) is 17.1. The van der Waals surface area contributed by atoms with Crippen molar-refractivity contribution in [2.75, 3.05) is 0 Å². The van der Waals surface area contributed by atoms with Crippen LogP contribution in [0.4, 0.5) is 0 Å². The summed E-state index contributed by atoms with van der Waals surface area (Å²) in [7, 11) is -2.71. The molecule has 51 heavy (non-hydrogen) atoms. The van der Waals surface area contributed by atoms with E-state index in [4.69, 9.17) is 0 Å². The van der Waals surface area contributed by atoms with Crippen LogP contribution >= 0.6 is 0 Å². The van der Waals surface area contributed by atoms with Crippen molar-refractivity contribution in [1.29, 1.82) is 0 Å². The predicted octanol–water partition coefficient (Wildman–Crippen LogP) is 9.26. The van der Waals surface area contributed by atoms with E-state index in [2.05, 4.69) is 215 Å². The first-order chi connectivity index (χ1) is 25.3. The van der Waals surface area contributed by atoms with Gasteiger partial charge in [0.2, 0.25) is 0 Å². The lowest BCUT2D eigenvalue weighted by atomic mass is 10.1. The number of hydrogen-bond donors (Lipinski definition) is 0. The predicted molar refractivity (Wildman–Crippen MR) is 219 cm³/mol. The van der Waals surface area contributed by atoms with E-state index >= 15 is 0 Å². The third kappa shape index (κ3) is 4.42. The van der Waals surface area contributed by atoms with Crippen molar-refractivity contribution < 1.29 is 0 Å². The minimum absolute atomic E-state index is 1.16. The molecule has 0 aliphatic rings. The molecule has 2 aromatic heterocycles. The molecule has 2 nitrogen and oxygen atoms in total. The molecule has 0 fully saturated rings. The van der Waals surface area contributed by atoms with Gasteiger partial charge in [-0.2, -0.15) is 0 Å². The molecule has 0 saturated carbocycles. The van der Waals surface area contributed by atoms with E-state index in [1.165, 1.54) is 70.0 Å². The van der Waals surface area contributed by atoms with Gasteiger partial charge in [0.25, 0.3) is 0 Å². The maximum absolute atomic E-state index is 2.71. The molecule has 0 unspecified atom stereocenters. The molecule has 240 valence electrons. The molecule has 8 aromatic carbocycles. The van der Waals surface area contributed by atoms with Crippen LogP contribution in [0.2, 0.25) is 0 Å². The highest BCUT2D eigenvalue weighted by Crippen LogP contribution is 2.39. The summed E-state index contributed by atoms with van der Waals surface area (Å²) < 4.78 is 4.93. The molecule has 3 heteroatoms. The topological polar surface area (TPSA) is 9.86 Å². The number of nitrogens with zero attached hydrogens (tertiary/aromatic N) is 2. The van der Waals surface area contributed by atoms with Crippen LogP contribution in [0.5, 0.6) is 0 Å². The summed E-state index contributed by atoms with van der Waals surface area (Å²) in [5.74, 6) is 0. The number of hydrogen-bond acceptors (Lipinski definition) is 0. The zero-order valence-electron chi connectivity index (χ0n) is 28.0. The maximum Gasteiger partial charge on any atom is 0.179 e. The van der Waals surface area contributed by atoms with E-state index in [1.807, 2.05) is 0 Å². The highest BCUT2D eigenvalue weighted by molar-refractivity contribution is 7.20. The largest absolute Gasteiger partial charge is 0.307 e. The molecule has 0 N–H and O–H groups in total. The number of fused-ring (bicyclic) bond motifs is 6. The van der Waals surface area contributed by atoms with Gasteiger partial charge >= 0.3 is 0 Å². The first-order valence-corrected chi connectivity index (χ1v) is 19.6. The number of aromatic nitrogens is 2. The monoisotopic (exact) mass is 666 g/mol. The zero-order valence-corrected chi connectivity index (χ0v) is 29.0. The molecule has 2 heterocycles. The molecule has 0 bridgehead atoms. The van der Waals surface area contributed by atoms with Crippen LogP contribution in [0.1, 0.15) is 0 Å². The Hall–Kier alpha value is -6.42. The normalized spacial score (nSPS) is 11.9. The van der Waals surface area contributed by atoms with Crippen molar-refractivity contribution in [2.45, 2.75) is 0 Å². The van der Waals surface area contributed by atoms with Crippen molar-refractivity contribution in [3.05, 3.63) is 206 Å². The van der Waals surface area contributed by atoms with Gasteiger partial charge in [-0.25, -0.2) is 0 Å². The molecule has 0 amide bonds. The molecule has 0 saturated heterocycles. The lowest BCUT2D eigenvalue weighted by Gasteiger charge is -2.34. The highest BCUT2D eigenvalue weighted by Gasteiger charge is 2.41. The van der Waals surface area contributed by atoms with Gasteiger partial charge in [-0.15, -0.1) is 0 Å². The smallest absolute Gasteiger partial charge is 0.179 e. The second kappa shape index (κ2) is 11.9. The third-order valence-electron chi connectivity index (χ3n) is 10.7. The summed E-state index contributed by atoms with van der Waals surface area (Å²) in [4.78, 5) is 0. The first kappa shape index (κ1) is 29.5. The molecule has 10 rings (SSSR count). The first-order valence-electron chi connectivity index (χ1n) is 17.6. The Bertz CT molecular complexity index is 2740. The van der Waals surface area contributed by atoms with Crippen molar-refractivity contribution in [3.8, 4) is 11.4 Å². The molecular formula is C48H34N2Si. The summed E-state index contributed by atoms with van der Waals surface area (Å²) in [6, 6.07) is 76.1. The quantitative estimate of drug-likeness (QED) is 0.124. The van der Waals surface area contributed by atoms with Gasteiger partial charge in [0.05, 0.1) is 27.8 Å². The van der Waals surface area contributed by atoms with E-state index in [0.717, 1.165) is 5.69 Å². The van der Waals surface area contributed by atoms with Crippen LogP contribution in [0, 0.1) is 0 Å². The lowest BCUT2D eigenvalue weighted by molar-refractivity contribution is 1.13. The van der Waals surface area contributed by atoms with Gasteiger partial charge < -0.3 is 9.13 Å². The van der Waals surface area contributed by atoms with Crippen molar-refractivity contribution in [3.63, 3.8) is 0 Å². The fourth-order valence-electron chi connectivity index (χ4n) is 8.56. The van der Waals surface area contributed by atoms with Gasteiger partial charge in [-0.05, 0) is 57.1 Å². The summed E-state index contributed by atoms with van der Waals surface area (Å²) in [6.45, 7) is 0. The summed E-state index contributed by atoms with van der Waals surface area (Å²) in [5, 5.41) is 10.5. The van der Waals surface area contributed by atoms with Crippen LogP contribution in [0.3, 0.4) is 0 Å². The van der Waals surface area contributed by atoms with E-state index in [1.54, 1.807) is 0 Å². The minimum Gasteiger partial charge on any atom is -0.307 e. The Morgan fingerprint density at radius 3 is 1.33 bits per heavy atom. The van der Waals surface area contributed by atoms with Gasteiger partial charge in [0, 0.05) is 27.2 Å². The van der Waals surface area contributed by atoms with Crippen LogP contribution in [-0.2, 0) is 0 Å². The Morgan fingerprint density at radius 1 is 0.294 bits per heavy atom. The Balaban J connectivity index is 1.32. The third-order valence-corrected chi connectivity index (χ3v) is 15.4. The molecule has 0 atom stereocenters. The van der Waals surface area contributed by atoms with E-state index < -0.39 is 8.07 Å². The highest BCUT2D eigenvalue weighted by atomic mass is 28.3. The van der Waals surface area contributed by atoms with Gasteiger partial charge in [-0.3, -0.25) is 0 Å². The second-order valence-electron chi connectivity index (χ2n) is 13.3. The molecule has 0 aliphatic carbocycles. The van der Waals surface area contributed by atoms with Gasteiger partial charge in [-0.1, -0.05) is 170 Å². The van der Waals surface area contributed by atoms with Gasteiger partial charge in [0.15, 0.2) is 8.07 Å². The van der Waals surface area contributed by atoms with Crippen LogP contribution in [0.15, 0.2) is 206 Å². The fourth-order valence-corrected chi connectivity index (χ4v) is 13.3. The lowest BCUT2D eigenvalue weighted by Crippen LogP contribution is -2.74. The van der Waals surface area contributed by atoms with Crippen molar-refractivity contribution >= 4 is 72.4 Å². The SMILES string of the molecule is c1ccc(-n2c3ccccc3c3cccc(-n4c5ccccc5c5cc([Si](c6ccccc6)(c6ccccc6)c6ccccc6)ccc54)c32)cc1. The Labute approximate surface area is 298 Å². The van der Waals surface area contributed by atoms with Crippen molar-refractivity contribution in [2.24, 2.45) is 0 Å². The molecule has 0 radical (unpaired) electrons. The average Bonchev–Trinajstić information content (AvgIpc) is 3.73. The maximum atomic E-state index is 2.51. The minimum atomic E-state index is -2.71. The molecule has 0 spiro atoms. The van der Waals surface area contributed by atoms with Crippen molar-refractivity contribution in [1.82, 2.24) is 9.13 Å². The zero-order chi connectivity index (χ0) is 33.8. The molecule has 10 aromatic rings. The molecular weight excluding hydrogens is 633 g/mol. The number of rotatable bonds is 6. The summed E-state index contributed by atoms with van der Waals surface area (Å²) >= 11 is 0. The molecule has 0 aliphatic heterocycles. The van der Waals surface area contributed by atoms with Crippen LogP contribution in [0.25, 0.3) is 55.0 Å². The number of benzene rings is 8. The van der Waals surface area contributed by atoms with Crippen LogP contribution < -0.4 is 20.7 Å². The van der Waals surface area contributed by atoms with E-state index in [-0.39, 0.29) is 0 Å². The van der Waals surface area contributed by atoms with E-state index in [0.29, 0.717) is 0 Å². The Morgan fingerprint density at radius 2 is 0.745 bits per heavy atom. The van der Waals surface area contributed by atoms with Crippen LogP contribution in [-0.4, -0.2) is 17.2 Å².